The van der Waals surface area contributed by atoms with Crippen LogP contribution in [0.2, 0.25) is 10.0 Å². The second-order valence-corrected chi connectivity index (χ2v) is 5.17. The average Bonchev–Trinajstić information content (AvgIpc) is 2.30. The molecule has 2 N–H and O–H groups in total. The monoisotopic (exact) mass is 284 g/mol. The van der Waals surface area contributed by atoms with E-state index in [2.05, 4.69) is 4.98 Å². The fraction of sp³-hybridized carbons (Fsp3) is 0.0833. The number of benzene rings is 1. The van der Waals surface area contributed by atoms with Crippen molar-refractivity contribution >= 4 is 40.7 Å². The standard InChI is InChI=1S/C12H10Cl2N2S/c13-9-3-1-4-10(14)8(9)7-17-12-11(15)5-2-6-16-12/h1-6H,7,15H2. The quantitative estimate of drug-likeness (QED) is 0.856. The maximum absolute atomic E-state index is 6.09. The Bertz CT molecular complexity index is 511. The Labute approximate surface area is 114 Å². The molecule has 0 radical (unpaired) electrons. The summed E-state index contributed by atoms with van der Waals surface area (Å²) < 4.78 is 0. The highest BCUT2D eigenvalue weighted by molar-refractivity contribution is 7.98. The number of nitrogen functional groups attached to an aromatic ring is 1. The van der Waals surface area contributed by atoms with E-state index in [9.17, 15) is 0 Å². The van der Waals surface area contributed by atoms with Gasteiger partial charge in [0.25, 0.3) is 0 Å². The Morgan fingerprint density at radius 3 is 2.47 bits per heavy atom. The lowest BCUT2D eigenvalue weighted by atomic mass is 10.2. The second-order valence-electron chi connectivity index (χ2n) is 3.39. The first-order valence-corrected chi connectivity index (χ1v) is 6.69. The number of pyridine rings is 1. The minimum atomic E-state index is 0.652. The molecule has 0 bridgehead atoms. The van der Waals surface area contributed by atoms with Crippen molar-refractivity contribution in [1.82, 2.24) is 4.98 Å². The molecule has 0 unspecified atom stereocenters. The zero-order valence-corrected chi connectivity index (χ0v) is 11.2. The summed E-state index contributed by atoms with van der Waals surface area (Å²) in [5.41, 5.74) is 7.39. The molecule has 1 aromatic carbocycles. The number of rotatable bonds is 3. The Morgan fingerprint density at radius 2 is 1.82 bits per heavy atom. The first kappa shape index (κ1) is 12.6. The maximum atomic E-state index is 6.09. The SMILES string of the molecule is Nc1cccnc1SCc1c(Cl)cccc1Cl. The third-order valence-electron chi connectivity index (χ3n) is 2.22. The van der Waals surface area contributed by atoms with Crippen LogP contribution in [-0.4, -0.2) is 4.98 Å². The van der Waals surface area contributed by atoms with E-state index in [0.717, 1.165) is 10.6 Å². The van der Waals surface area contributed by atoms with Gasteiger partial charge in [-0.2, -0.15) is 0 Å². The van der Waals surface area contributed by atoms with E-state index in [1.54, 1.807) is 6.20 Å². The number of aromatic nitrogens is 1. The number of hydrogen-bond acceptors (Lipinski definition) is 3. The molecule has 0 saturated carbocycles. The van der Waals surface area contributed by atoms with Crippen LogP contribution < -0.4 is 5.73 Å². The number of nitrogens with zero attached hydrogens (tertiary/aromatic N) is 1. The van der Waals surface area contributed by atoms with Gasteiger partial charge in [-0.15, -0.1) is 0 Å². The van der Waals surface area contributed by atoms with Gasteiger partial charge in [0.05, 0.1) is 5.69 Å². The molecule has 2 aromatic rings. The van der Waals surface area contributed by atoms with E-state index >= 15 is 0 Å². The molecule has 2 nitrogen and oxygen atoms in total. The molecule has 0 fully saturated rings. The van der Waals surface area contributed by atoms with Crippen LogP contribution in [0.1, 0.15) is 5.56 Å². The molecule has 17 heavy (non-hydrogen) atoms. The van der Waals surface area contributed by atoms with E-state index in [1.807, 2.05) is 30.3 Å². The Kier molecular flexibility index (Phi) is 4.15. The van der Waals surface area contributed by atoms with Crippen LogP contribution in [0, 0.1) is 0 Å². The molecule has 2 rings (SSSR count). The van der Waals surface area contributed by atoms with E-state index in [0.29, 0.717) is 21.5 Å². The summed E-state index contributed by atoms with van der Waals surface area (Å²) in [6, 6.07) is 9.11. The lowest BCUT2D eigenvalue weighted by Gasteiger charge is -2.07. The zero-order valence-electron chi connectivity index (χ0n) is 8.86. The van der Waals surface area contributed by atoms with Crippen LogP contribution in [0.4, 0.5) is 5.69 Å². The molecule has 0 aliphatic heterocycles. The highest BCUT2D eigenvalue weighted by atomic mass is 35.5. The molecule has 0 amide bonds. The summed E-state index contributed by atoms with van der Waals surface area (Å²) in [6.07, 6.45) is 1.72. The van der Waals surface area contributed by atoms with Gasteiger partial charge in [0.1, 0.15) is 5.03 Å². The summed E-state index contributed by atoms with van der Waals surface area (Å²) in [5, 5.41) is 2.13. The number of halogens is 2. The lowest BCUT2D eigenvalue weighted by molar-refractivity contribution is 1.14. The van der Waals surface area contributed by atoms with E-state index < -0.39 is 0 Å². The van der Waals surface area contributed by atoms with Crippen LogP contribution in [0.25, 0.3) is 0 Å². The van der Waals surface area contributed by atoms with Gasteiger partial charge in [-0.3, -0.25) is 0 Å². The molecule has 1 aromatic heterocycles. The maximum Gasteiger partial charge on any atom is 0.119 e. The topological polar surface area (TPSA) is 38.9 Å². The molecule has 5 heteroatoms. The third-order valence-corrected chi connectivity index (χ3v) is 3.97. The predicted molar refractivity (Wildman–Crippen MR) is 74.7 cm³/mol. The van der Waals surface area contributed by atoms with Crippen LogP contribution >= 0.6 is 35.0 Å². The van der Waals surface area contributed by atoms with Crippen molar-refractivity contribution in [3.8, 4) is 0 Å². The van der Waals surface area contributed by atoms with Crippen molar-refractivity contribution in [3.05, 3.63) is 52.1 Å². The van der Waals surface area contributed by atoms with Gasteiger partial charge in [0.2, 0.25) is 0 Å². The lowest BCUT2D eigenvalue weighted by Crippen LogP contribution is -1.92. The minimum absolute atomic E-state index is 0.652. The Hall–Kier alpha value is -0.900. The molecule has 88 valence electrons. The number of anilines is 1. The normalized spacial score (nSPS) is 10.5. The molecular weight excluding hydrogens is 275 g/mol. The fourth-order valence-electron chi connectivity index (χ4n) is 1.33. The van der Waals surface area contributed by atoms with Gasteiger partial charge in [-0.05, 0) is 29.8 Å². The molecule has 0 aliphatic carbocycles. The molecule has 1 heterocycles. The summed E-state index contributed by atoms with van der Waals surface area (Å²) in [4.78, 5) is 4.20. The molecule has 0 saturated heterocycles. The van der Waals surface area contributed by atoms with Gasteiger partial charge >= 0.3 is 0 Å². The van der Waals surface area contributed by atoms with Crippen LogP contribution in [0.5, 0.6) is 0 Å². The number of hydrogen-bond donors (Lipinski definition) is 1. The highest BCUT2D eigenvalue weighted by Crippen LogP contribution is 2.32. The summed E-state index contributed by atoms with van der Waals surface area (Å²) >= 11 is 13.7. The van der Waals surface area contributed by atoms with Crippen molar-refractivity contribution in [1.29, 1.82) is 0 Å². The van der Waals surface area contributed by atoms with Gasteiger partial charge in [-0.25, -0.2) is 4.98 Å². The van der Waals surface area contributed by atoms with Crippen molar-refractivity contribution in [3.63, 3.8) is 0 Å². The van der Waals surface area contributed by atoms with E-state index in [-0.39, 0.29) is 0 Å². The van der Waals surface area contributed by atoms with Gasteiger partial charge in [0.15, 0.2) is 0 Å². The van der Waals surface area contributed by atoms with Gasteiger partial charge in [-0.1, -0.05) is 41.0 Å². The van der Waals surface area contributed by atoms with Crippen molar-refractivity contribution < 1.29 is 0 Å². The minimum Gasteiger partial charge on any atom is -0.397 e. The van der Waals surface area contributed by atoms with Gasteiger partial charge in [0, 0.05) is 22.0 Å². The molecule has 0 aliphatic rings. The smallest absolute Gasteiger partial charge is 0.119 e. The molecule has 0 atom stereocenters. The molecular formula is C12H10Cl2N2S. The average molecular weight is 285 g/mol. The largest absolute Gasteiger partial charge is 0.397 e. The predicted octanol–water partition coefficient (Wildman–Crippen LogP) is 4.26. The summed E-state index contributed by atoms with van der Waals surface area (Å²) in [5.74, 6) is 0.652. The van der Waals surface area contributed by atoms with Crippen molar-refractivity contribution in [2.45, 2.75) is 10.8 Å². The zero-order chi connectivity index (χ0) is 12.3. The molecule has 0 spiro atoms. The van der Waals surface area contributed by atoms with Crippen LogP contribution in [0.3, 0.4) is 0 Å². The van der Waals surface area contributed by atoms with Crippen LogP contribution in [0.15, 0.2) is 41.6 Å². The van der Waals surface area contributed by atoms with E-state index in [4.69, 9.17) is 28.9 Å². The Balaban J connectivity index is 2.16. The third kappa shape index (κ3) is 3.06. The highest BCUT2D eigenvalue weighted by Gasteiger charge is 2.07. The second kappa shape index (κ2) is 5.63. The number of nitrogens with two attached hydrogens (primary N) is 1. The van der Waals surface area contributed by atoms with E-state index in [1.165, 1.54) is 11.8 Å². The van der Waals surface area contributed by atoms with Gasteiger partial charge < -0.3 is 5.73 Å². The summed E-state index contributed by atoms with van der Waals surface area (Å²) in [6.45, 7) is 0. The summed E-state index contributed by atoms with van der Waals surface area (Å²) in [7, 11) is 0. The Morgan fingerprint density at radius 1 is 1.12 bits per heavy atom. The fourth-order valence-corrected chi connectivity index (χ4v) is 2.99. The van der Waals surface area contributed by atoms with Crippen LogP contribution in [-0.2, 0) is 5.75 Å². The number of thioether (sulfide) groups is 1. The van der Waals surface area contributed by atoms with Crippen molar-refractivity contribution in [2.24, 2.45) is 0 Å². The first-order chi connectivity index (χ1) is 8.18. The first-order valence-electron chi connectivity index (χ1n) is 4.94. The van der Waals surface area contributed by atoms with Crippen molar-refractivity contribution in [2.75, 3.05) is 5.73 Å².